The lowest BCUT2D eigenvalue weighted by Crippen LogP contribution is -2.34. The Morgan fingerprint density at radius 1 is 1.24 bits per heavy atom. The summed E-state index contributed by atoms with van der Waals surface area (Å²) in [4.78, 5) is 21.7. The van der Waals surface area contributed by atoms with Gasteiger partial charge >= 0.3 is 0 Å². The van der Waals surface area contributed by atoms with Crippen LogP contribution in [0.4, 0.5) is 0 Å². The van der Waals surface area contributed by atoms with Gasteiger partial charge in [0, 0.05) is 18.2 Å². The molecule has 3 rings (SSSR count). The molecule has 1 aliphatic rings. The second-order valence-corrected chi connectivity index (χ2v) is 5.42. The van der Waals surface area contributed by atoms with Gasteiger partial charge in [-0.15, -0.1) is 0 Å². The van der Waals surface area contributed by atoms with E-state index in [4.69, 9.17) is 14.3 Å². The number of nitrogens with one attached hydrogen (secondary N) is 1. The molecule has 7 nitrogen and oxygen atoms in total. The fourth-order valence-corrected chi connectivity index (χ4v) is 2.59. The molecule has 0 saturated carbocycles. The summed E-state index contributed by atoms with van der Waals surface area (Å²) in [6.45, 7) is 0.345. The summed E-state index contributed by atoms with van der Waals surface area (Å²) >= 11 is 0. The van der Waals surface area contributed by atoms with Crippen molar-refractivity contribution in [1.82, 2.24) is 10.3 Å². The lowest BCUT2D eigenvalue weighted by Gasteiger charge is -2.12. The smallest absolute Gasteiger partial charge is 0.264 e. The molecule has 0 saturated heterocycles. The van der Waals surface area contributed by atoms with E-state index >= 15 is 0 Å². The number of carbonyl (C=O) groups excluding carboxylic acids is 1. The average Bonchev–Trinajstić information content (AvgIpc) is 3.16. The first-order valence-corrected chi connectivity index (χ1v) is 7.84. The Kier molecular flexibility index (Phi) is 5.13. The third-order valence-corrected chi connectivity index (χ3v) is 3.85. The molecule has 1 N–H and O–H groups in total. The first-order valence-electron chi connectivity index (χ1n) is 7.84. The number of nitrogens with zero attached hydrogens (tertiary/aromatic N) is 2. The van der Waals surface area contributed by atoms with Crippen molar-refractivity contribution in [2.45, 2.75) is 19.1 Å². The monoisotopic (exact) mass is 341 g/mol. The molecule has 25 heavy (non-hydrogen) atoms. The van der Waals surface area contributed by atoms with Crippen LogP contribution >= 0.6 is 0 Å². The number of ether oxygens (including phenoxy) is 2. The van der Waals surface area contributed by atoms with Gasteiger partial charge in [-0.25, -0.2) is 0 Å². The molecule has 0 spiro atoms. The molecule has 0 fully saturated rings. The third-order valence-electron chi connectivity index (χ3n) is 3.85. The van der Waals surface area contributed by atoms with E-state index < -0.39 is 6.10 Å². The number of para-hydroxylation sites is 1. The maximum atomic E-state index is 12.3. The van der Waals surface area contributed by atoms with Crippen LogP contribution in [0.25, 0.3) is 0 Å². The predicted octanol–water partition coefficient (Wildman–Crippen LogP) is 1.91. The van der Waals surface area contributed by atoms with Crippen molar-refractivity contribution in [3.05, 3.63) is 53.9 Å². The fraction of sp³-hybridized carbons (Fsp3) is 0.278. The van der Waals surface area contributed by atoms with Crippen LogP contribution in [0.5, 0.6) is 11.5 Å². The molecular formula is C18H19N3O4. The number of rotatable bonds is 6. The van der Waals surface area contributed by atoms with Crippen LogP contribution in [-0.2, 0) is 16.2 Å². The third kappa shape index (κ3) is 3.71. The summed E-state index contributed by atoms with van der Waals surface area (Å²) in [6.07, 6.45) is 1.37. The maximum absolute atomic E-state index is 12.3. The Hall–Kier alpha value is -3.09. The summed E-state index contributed by atoms with van der Waals surface area (Å²) in [6, 6.07) is 11.0. The Morgan fingerprint density at radius 3 is 2.84 bits per heavy atom. The van der Waals surface area contributed by atoms with Gasteiger partial charge in [-0.2, -0.15) is 0 Å². The van der Waals surface area contributed by atoms with Crippen molar-refractivity contribution in [3.63, 3.8) is 0 Å². The van der Waals surface area contributed by atoms with Crippen LogP contribution in [0.2, 0.25) is 0 Å². The number of pyridine rings is 1. The number of methoxy groups -OCH3 is 2. The number of carbonyl (C=O) groups is 1. The highest BCUT2D eigenvalue weighted by atomic mass is 16.6. The number of amides is 1. The normalized spacial score (nSPS) is 15.9. The van der Waals surface area contributed by atoms with Crippen molar-refractivity contribution in [2.24, 2.45) is 5.16 Å². The maximum Gasteiger partial charge on any atom is 0.264 e. The standard InChI is InChI=1S/C18H19N3O4/c1-23-15-8-5-7-13(17(15)24-2)14-10-16(25-21-14)18(22)20-11-12-6-3-4-9-19-12/h3-9,16H,10-11H2,1-2H3,(H,20,22). The van der Waals surface area contributed by atoms with Gasteiger partial charge in [-0.1, -0.05) is 17.3 Å². The van der Waals surface area contributed by atoms with Gasteiger partial charge in [0.1, 0.15) is 0 Å². The van der Waals surface area contributed by atoms with Crippen LogP contribution in [0.1, 0.15) is 17.7 Å². The summed E-state index contributed by atoms with van der Waals surface area (Å²) in [5.74, 6) is 0.943. The van der Waals surface area contributed by atoms with Crippen molar-refractivity contribution in [2.75, 3.05) is 14.2 Å². The molecule has 2 aromatic rings. The van der Waals surface area contributed by atoms with E-state index in [0.717, 1.165) is 11.3 Å². The largest absolute Gasteiger partial charge is 0.493 e. The highest BCUT2D eigenvalue weighted by molar-refractivity contribution is 6.06. The zero-order chi connectivity index (χ0) is 17.6. The summed E-state index contributed by atoms with van der Waals surface area (Å²) in [5, 5.41) is 6.86. The van der Waals surface area contributed by atoms with E-state index in [9.17, 15) is 4.79 Å². The Balaban J connectivity index is 1.64. The molecule has 1 aliphatic heterocycles. The molecule has 1 amide bonds. The van der Waals surface area contributed by atoms with Crippen molar-refractivity contribution < 1.29 is 19.1 Å². The van der Waals surface area contributed by atoms with E-state index in [1.807, 2.05) is 30.3 Å². The molecular weight excluding hydrogens is 322 g/mol. The summed E-state index contributed by atoms with van der Waals surface area (Å²) < 4.78 is 10.7. The van der Waals surface area contributed by atoms with Gasteiger partial charge in [0.2, 0.25) is 6.10 Å². The van der Waals surface area contributed by atoms with Crippen molar-refractivity contribution in [3.8, 4) is 11.5 Å². The van der Waals surface area contributed by atoms with Crippen molar-refractivity contribution in [1.29, 1.82) is 0 Å². The van der Waals surface area contributed by atoms with E-state index in [1.54, 1.807) is 26.5 Å². The molecule has 0 radical (unpaired) electrons. The molecule has 1 aromatic heterocycles. The Bertz CT molecular complexity index is 777. The Labute approximate surface area is 145 Å². The molecule has 2 heterocycles. The van der Waals surface area contributed by atoms with Gasteiger partial charge in [-0.3, -0.25) is 9.78 Å². The second-order valence-electron chi connectivity index (χ2n) is 5.42. The second kappa shape index (κ2) is 7.65. The minimum absolute atomic E-state index is 0.230. The first kappa shape index (κ1) is 16.8. The fourth-order valence-electron chi connectivity index (χ4n) is 2.59. The van der Waals surface area contributed by atoms with Crippen LogP contribution < -0.4 is 14.8 Å². The zero-order valence-electron chi connectivity index (χ0n) is 14.1. The number of benzene rings is 1. The van der Waals surface area contributed by atoms with E-state index in [0.29, 0.717) is 30.2 Å². The highest BCUT2D eigenvalue weighted by Crippen LogP contribution is 2.33. The molecule has 0 bridgehead atoms. The SMILES string of the molecule is COc1cccc(C2=NOC(C(=O)NCc3ccccn3)C2)c1OC. The van der Waals surface area contributed by atoms with Gasteiger partial charge in [-0.05, 0) is 24.3 Å². The minimum Gasteiger partial charge on any atom is -0.493 e. The molecule has 1 atom stereocenters. The van der Waals surface area contributed by atoms with E-state index in [1.165, 1.54) is 0 Å². The van der Waals surface area contributed by atoms with Gasteiger partial charge in [0.15, 0.2) is 11.5 Å². The lowest BCUT2D eigenvalue weighted by molar-refractivity contribution is -0.131. The van der Waals surface area contributed by atoms with Gasteiger partial charge in [0.25, 0.3) is 5.91 Å². The summed E-state index contributed by atoms with van der Waals surface area (Å²) in [5.41, 5.74) is 2.18. The molecule has 130 valence electrons. The first-order chi connectivity index (χ1) is 12.2. The predicted molar refractivity (Wildman–Crippen MR) is 91.7 cm³/mol. The van der Waals surface area contributed by atoms with E-state index in [2.05, 4.69) is 15.5 Å². The minimum atomic E-state index is -0.672. The lowest BCUT2D eigenvalue weighted by atomic mass is 10.0. The molecule has 7 heteroatoms. The number of hydrogen-bond acceptors (Lipinski definition) is 6. The number of aromatic nitrogens is 1. The number of oxime groups is 1. The zero-order valence-corrected chi connectivity index (χ0v) is 14.1. The van der Waals surface area contributed by atoms with Gasteiger partial charge < -0.3 is 19.6 Å². The summed E-state index contributed by atoms with van der Waals surface area (Å²) in [7, 11) is 3.14. The van der Waals surface area contributed by atoms with Crippen LogP contribution in [0, 0.1) is 0 Å². The number of hydrogen-bond donors (Lipinski definition) is 1. The topological polar surface area (TPSA) is 82.0 Å². The molecule has 1 unspecified atom stereocenters. The highest BCUT2D eigenvalue weighted by Gasteiger charge is 2.30. The van der Waals surface area contributed by atoms with E-state index in [-0.39, 0.29) is 5.91 Å². The van der Waals surface area contributed by atoms with Crippen LogP contribution in [0.15, 0.2) is 47.8 Å². The average molecular weight is 341 g/mol. The van der Waals surface area contributed by atoms with Crippen LogP contribution in [0.3, 0.4) is 0 Å². The quantitative estimate of drug-likeness (QED) is 0.868. The molecule has 0 aliphatic carbocycles. The molecule has 1 aromatic carbocycles. The van der Waals surface area contributed by atoms with Gasteiger partial charge in [0.05, 0.1) is 32.2 Å². The Morgan fingerprint density at radius 2 is 2.12 bits per heavy atom. The van der Waals surface area contributed by atoms with Crippen LogP contribution in [-0.4, -0.2) is 36.9 Å². The van der Waals surface area contributed by atoms with Crippen molar-refractivity contribution >= 4 is 11.6 Å².